The monoisotopic (exact) mass is 488 g/mol. The smallest absolute Gasteiger partial charge is 0.257 e. The van der Waals surface area contributed by atoms with Gasteiger partial charge < -0.3 is 9.64 Å². The molecule has 0 unspecified atom stereocenters. The molecular formula is C33H30NOS+. The van der Waals surface area contributed by atoms with Crippen molar-refractivity contribution in [1.82, 2.24) is 0 Å². The molecule has 0 aliphatic heterocycles. The Morgan fingerprint density at radius 3 is 1.50 bits per heavy atom. The van der Waals surface area contributed by atoms with Crippen molar-refractivity contribution in [2.45, 2.75) is 23.6 Å². The summed E-state index contributed by atoms with van der Waals surface area (Å²) in [6, 6.07) is 46.9. The van der Waals surface area contributed by atoms with Gasteiger partial charge in [-0.2, -0.15) is 0 Å². The summed E-state index contributed by atoms with van der Waals surface area (Å²) in [5.74, 6) is 1.45. The Kier molecular flexibility index (Phi) is 7.39. The molecule has 5 aromatic carbocycles. The molecule has 0 aliphatic rings. The second kappa shape index (κ2) is 11.2. The average Bonchev–Trinajstić information content (AvgIpc) is 2.91. The minimum Gasteiger partial charge on any atom is -0.448 e. The number of hydrogen-bond donors (Lipinski definition) is 0. The molecule has 0 N–H and O–H groups in total. The summed E-state index contributed by atoms with van der Waals surface area (Å²) in [6.07, 6.45) is 0. The fraction of sp³-hybridized carbons (Fsp3) is 0.0909. The number of nitrogens with zero attached hydrogens (tertiary/aromatic N) is 1. The molecule has 0 atom stereocenters. The first kappa shape index (κ1) is 23.8. The highest BCUT2D eigenvalue weighted by Crippen LogP contribution is 2.37. The van der Waals surface area contributed by atoms with Crippen LogP contribution in [0, 0.1) is 13.8 Å². The number of aryl methyl sites for hydroxylation is 2. The lowest BCUT2D eigenvalue weighted by Gasteiger charge is -2.26. The van der Waals surface area contributed by atoms with E-state index in [0.29, 0.717) is 5.94 Å². The van der Waals surface area contributed by atoms with Crippen LogP contribution in [-0.2, 0) is 10.9 Å². The zero-order valence-electron chi connectivity index (χ0n) is 20.7. The molecule has 0 bridgehead atoms. The molecule has 0 saturated heterocycles. The minimum absolute atomic E-state index is 0.183. The zero-order valence-corrected chi connectivity index (χ0v) is 21.5. The molecule has 0 aliphatic carbocycles. The molecule has 3 heteroatoms. The molecule has 0 aromatic heterocycles. The fourth-order valence-electron chi connectivity index (χ4n) is 4.26. The van der Waals surface area contributed by atoms with Crippen LogP contribution in [0.4, 0.5) is 17.1 Å². The van der Waals surface area contributed by atoms with E-state index >= 15 is 0 Å². The Labute approximate surface area is 217 Å². The van der Waals surface area contributed by atoms with E-state index in [2.05, 4.69) is 146 Å². The fourth-order valence-corrected chi connectivity index (χ4v) is 6.03. The first-order chi connectivity index (χ1) is 17.7. The molecule has 5 rings (SSSR count). The van der Waals surface area contributed by atoms with Gasteiger partial charge in [0.15, 0.2) is 9.79 Å². The second-order valence-corrected chi connectivity index (χ2v) is 10.7. The molecule has 0 fully saturated rings. The van der Waals surface area contributed by atoms with Gasteiger partial charge >= 0.3 is 0 Å². The van der Waals surface area contributed by atoms with Crippen molar-refractivity contribution < 1.29 is 4.74 Å². The Bertz CT molecular complexity index is 1330. The van der Waals surface area contributed by atoms with Crippen molar-refractivity contribution in [3.05, 3.63) is 145 Å². The Hall–Kier alpha value is -3.95. The zero-order chi connectivity index (χ0) is 24.7. The number of ether oxygens (including phenoxy) is 1. The lowest BCUT2D eigenvalue weighted by Crippen LogP contribution is -2.14. The molecule has 0 heterocycles. The molecule has 0 saturated carbocycles. The standard InChI is InChI=1S/C33H30NOS/c1-26-12-9-14-28(22-26)34(29-15-10-13-27(2)23-29)30-16-11-17-31(24-30)35-25-36(32-18-5-3-6-19-32)33-20-7-4-8-21-33/h3-24H,25H2,1-2H3/q+1. The van der Waals surface area contributed by atoms with Crippen LogP contribution in [0.2, 0.25) is 0 Å². The highest BCUT2D eigenvalue weighted by atomic mass is 32.2. The summed E-state index contributed by atoms with van der Waals surface area (Å²) in [6.45, 7) is 4.26. The molecule has 0 radical (unpaired) electrons. The van der Waals surface area contributed by atoms with Crippen molar-refractivity contribution in [2.75, 3.05) is 10.8 Å². The maximum Gasteiger partial charge on any atom is 0.257 e. The Morgan fingerprint density at radius 1 is 0.528 bits per heavy atom. The molecule has 0 amide bonds. The summed E-state index contributed by atoms with van der Waals surface area (Å²) in [5, 5.41) is 0. The molecule has 178 valence electrons. The lowest BCUT2D eigenvalue weighted by molar-refractivity contribution is 0.390. The topological polar surface area (TPSA) is 12.5 Å². The van der Waals surface area contributed by atoms with Crippen LogP contribution in [-0.4, -0.2) is 5.94 Å². The van der Waals surface area contributed by atoms with E-state index in [0.717, 1.165) is 22.8 Å². The molecule has 36 heavy (non-hydrogen) atoms. The van der Waals surface area contributed by atoms with Gasteiger partial charge in [0.25, 0.3) is 5.94 Å². The molecule has 2 nitrogen and oxygen atoms in total. The normalized spacial score (nSPS) is 10.9. The summed E-state index contributed by atoms with van der Waals surface area (Å²) in [4.78, 5) is 4.85. The average molecular weight is 489 g/mol. The Morgan fingerprint density at radius 2 is 1.00 bits per heavy atom. The molecule has 5 aromatic rings. The highest BCUT2D eigenvalue weighted by Gasteiger charge is 2.26. The van der Waals surface area contributed by atoms with Crippen LogP contribution in [0.3, 0.4) is 0 Å². The van der Waals surface area contributed by atoms with Crippen molar-refractivity contribution in [3.63, 3.8) is 0 Å². The highest BCUT2D eigenvalue weighted by molar-refractivity contribution is 7.96. The predicted octanol–water partition coefficient (Wildman–Crippen LogP) is 8.85. The van der Waals surface area contributed by atoms with E-state index in [1.807, 2.05) is 6.07 Å². The van der Waals surface area contributed by atoms with E-state index in [4.69, 9.17) is 4.74 Å². The maximum absolute atomic E-state index is 6.47. The third-order valence-electron chi connectivity index (χ3n) is 5.99. The van der Waals surface area contributed by atoms with Crippen LogP contribution in [0.5, 0.6) is 5.75 Å². The van der Waals surface area contributed by atoms with Gasteiger partial charge in [0.2, 0.25) is 0 Å². The third kappa shape index (κ3) is 5.64. The van der Waals surface area contributed by atoms with Gasteiger partial charge in [-0.05, 0) is 85.6 Å². The van der Waals surface area contributed by atoms with Gasteiger partial charge in [0.1, 0.15) is 16.6 Å². The van der Waals surface area contributed by atoms with Crippen LogP contribution in [0.1, 0.15) is 11.1 Å². The quantitative estimate of drug-likeness (QED) is 0.202. The van der Waals surface area contributed by atoms with Crippen LogP contribution >= 0.6 is 0 Å². The first-order valence-corrected chi connectivity index (χ1v) is 13.5. The number of hydrogen-bond acceptors (Lipinski definition) is 2. The molecule has 0 spiro atoms. The lowest BCUT2D eigenvalue weighted by atomic mass is 10.1. The predicted molar refractivity (Wildman–Crippen MR) is 153 cm³/mol. The van der Waals surface area contributed by atoms with Gasteiger partial charge in [-0.25, -0.2) is 0 Å². The minimum atomic E-state index is -0.183. The van der Waals surface area contributed by atoms with E-state index < -0.39 is 0 Å². The van der Waals surface area contributed by atoms with Gasteiger partial charge in [0.05, 0.1) is 0 Å². The van der Waals surface area contributed by atoms with E-state index in [-0.39, 0.29) is 10.9 Å². The number of rotatable bonds is 8. The number of benzene rings is 5. The third-order valence-corrected chi connectivity index (χ3v) is 8.03. The number of anilines is 3. The van der Waals surface area contributed by atoms with Crippen LogP contribution < -0.4 is 9.64 Å². The first-order valence-electron chi connectivity index (χ1n) is 12.1. The SMILES string of the molecule is Cc1cccc(N(c2cccc(C)c2)c2cccc(OC[S+](c3ccccc3)c3ccccc3)c2)c1. The summed E-state index contributed by atoms with van der Waals surface area (Å²) < 4.78 is 6.47. The summed E-state index contributed by atoms with van der Waals surface area (Å²) in [7, 11) is -0.183. The maximum atomic E-state index is 6.47. The van der Waals surface area contributed by atoms with Crippen molar-refractivity contribution in [2.24, 2.45) is 0 Å². The Balaban J connectivity index is 1.47. The van der Waals surface area contributed by atoms with Crippen molar-refractivity contribution in [3.8, 4) is 5.75 Å². The van der Waals surface area contributed by atoms with Crippen LogP contribution in [0.25, 0.3) is 0 Å². The summed E-state index contributed by atoms with van der Waals surface area (Å²) >= 11 is 0. The van der Waals surface area contributed by atoms with Gasteiger partial charge in [-0.15, -0.1) is 0 Å². The van der Waals surface area contributed by atoms with Gasteiger partial charge in [0, 0.05) is 23.1 Å². The van der Waals surface area contributed by atoms with Crippen molar-refractivity contribution in [1.29, 1.82) is 0 Å². The van der Waals surface area contributed by atoms with Gasteiger partial charge in [-0.1, -0.05) is 66.7 Å². The largest absolute Gasteiger partial charge is 0.448 e. The van der Waals surface area contributed by atoms with Crippen molar-refractivity contribution >= 4 is 28.0 Å². The van der Waals surface area contributed by atoms with E-state index in [1.165, 1.54) is 20.9 Å². The summed E-state index contributed by atoms with van der Waals surface area (Å²) in [5.41, 5.74) is 5.79. The van der Waals surface area contributed by atoms with Crippen LogP contribution in [0.15, 0.2) is 143 Å². The second-order valence-electron chi connectivity index (χ2n) is 8.79. The molecular weight excluding hydrogens is 458 g/mol. The van der Waals surface area contributed by atoms with Gasteiger partial charge in [-0.3, -0.25) is 0 Å². The van der Waals surface area contributed by atoms with E-state index in [1.54, 1.807) is 0 Å². The van der Waals surface area contributed by atoms with E-state index in [9.17, 15) is 0 Å².